The number of fused-ring (bicyclic) bond motifs is 5. The molecule has 1 amide bonds. The van der Waals surface area contributed by atoms with Gasteiger partial charge in [-0.05, 0) is 93.6 Å². The summed E-state index contributed by atoms with van der Waals surface area (Å²) in [6, 6.07) is -0.516. The number of carbonyl (C=O) groups excluding carboxylic acids is 2. The first-order valence-electron chi connectivity index (χ1n) is 13.3. The largest absolute Gasteiger partial charge is 0.467 e. The van der Waals surface area contributed by atoms with Gasteiger partial charge in [0.1, 0.15) is 11.8 Å². The van der Waals surface area contributed by atoms with Gasteiger partial charge in [-0.25, -0.2) is 4.79 Å². The van der Waals surface area contributed by atoms with Gasteiger partial charge >= 0.3 is 5.97 Å². The highest BCUT2D eigenvalue weighted by Crippen LogP contribution is 2.66. The van der Waals surface area contributed by atoms with Gasteiger partial charge in [-0.2, -0.15) is 0 Å². The molecular weight excluding hydrogens is 444 g/mol. The van der Waals surface area contributed by atoms with Crippen LogP contribution in [0, 0.1) is 28.6 Å². The van der Waals surface area contributed by atoms with E-state index in [2.05, 4.69) is 38.1 Å². The fourth-order valence-electron chi connectivity index (χ4n) is 8.20. The first kappa shape index (κ1) is 24.5. The Morgan fingerprint density at radius 1 is 1.14 bits per heavy atom. The lowest BCUT2D eigenvalue weighted by atomic mass is 9.47. The van der Waals surface area contributed by atoms with Crippen LogP contribution in [0.3, 0.4) is 0 Å². The summed E-state index contributed by atoms with van der Waals surface area (Å²) in [7, 11) is 1.35. The van der Waals surface area contributed by atoms with E-state index in [1.807, 2.05) is 6.08 Å². The maximum atomic E-state index is 12.6. The number of likely N-dealkylation sites (tertiary alicyclic amines) is 1. The Bertz CT molecular complexity index is 984. The first-order chi connectivity index (χ1) is 16.6. The number of methoxy groups -OCH3 is 1. The number of ether oxygens (including phenoxy) is 1. The zero-order valence-corrected chi connectivity index (χ0v) is 21.6. The SMILES string of the molecule is COC(=O)[C@@H]1CCCN1C(=O)CO/N=C1\C=C[C@@]2(C)C(=C1)CC[C@@H]1[C@@H]2CC[C@@]2(C)[C@H]1CC[C@]2(C)O. The van der Waals surface area contributed by atoms with Gasteiger partial charge in [-0.3, -0.25) is 4.79 Å². The number of nitrogens with zero attached hydrogens (tertiary/aromatic N) is 2. The molecule has 4 aliphatic carbocycles. The lowest BCUT2D eigenvalue weighted by Crippen LogP contribution is -2.53. The molecule has 1 aliphatic heterocycles. The van der Waals surface area contributed by atoms with Crippen LogP contribution >= 0.6 is 0 Å². The summed E-state index contributed by atoms with van der Waals surface area (Å²) in [5.74, 6) is 1.20. The monoisotopic (exact) mass is 484 g/mol. The second-order valence-corrected chi connectivity index (χ2v) is 12.0. The molecule has 7 atom stereocenters. The van der Waals surface area contributed by atoms with Crippen LogP contribution in [0.1, 0.15) is 72.1 Å². The van der Waals surface area contributed by atoms with Gasteiger partial charge in [-0.15, -0.1) is 0 Å². The average Bonchev–Trinajstić information content (AvgIpc) is 3.41. The van der Waals surface area contributed by atoms with Gasteiger partial charge in [0.25, 0.3) is 5.91 Å². The molecule has 1 N–H and O–H groups in total. The third-order valence-electron chi connectivity index (χ3n) is 10.5. The summed E-state index contributed by atoms with van der Waals surface area (Å²) in [6.45, 7) is 7.10. The van der Waals surface area contributed by atoms with Crippen LogP contribution in [-0.4, -0.2) is 59.5 Å². The fourth-order valence-corrected chi connectivity index (χ4v) is 8.20. The number of hydrogen-bond acceptors (Lipinski definition) is 6. The number of allylic oxidation sites excluding steroid dienone is 4. The van der Waals surface area contributed by atoms with Gasteiger partial charge in [0.2, 0.25) is 0 Å². The maximum Gasteiger partial charge on any atom is 0.328 e. The lowest BCUT2D eigenvalue weighted by molar-refractivity contribution is -0.152. The van der Waals surface area contributed by atoms with Gasteiger partial charge in [0.15, 0.2) is 6.61 Å². The first-order valence-corrected chi connectivity index (χ1v) is 13.3. The van der Waals surface area contributed by atoms with Crippen LogP contribution in [0.25, 0.3) is 0 Å². The van der Waals surface area contributed by atoms with E-state index in [1.54, 1.807) is 0 Å². The zero-order valence-electron chi connectivity index (χ0n) is 21.6. The molecule has 0 bridgehead atoms. The topological polar surface area (TPSA) is 88.4 Å². The van der Waals surface area contributed by atoms with E-state index in [9.17, 15) is 14.7 Å². The number of amides is 1. The van der Waals surface area contributed by atoms with E-state index >= 15 is 0 Å². The van der Waals surface area contributed by atoms with Crippen molar-refractivity contribution in [3.63, 3.8) is 0 Å². The normalized spacial score (nSPS) is 43.3. The number of rotatable bonds is 4. The number of oxime groups is 1. The minimum absolute atomic E-state index is 0.0107. The molecule has 1 saturated heterocycles. The standard InChI is InChI=1S/C28H40N2O5/c1-26-12-9-19(29-35-17-24(31)30-15-5-6-23(30)25(32)34-4)16-18(26)7-8-20-21(26)10-13-27(2)22(20)11-14-28(27,3)33/h9,12,16,20-23,33H,5-8,10-11,13-15,17H2,1-4H3/b29-19+/t20-,21+,22+,23+,26+,27+,28+/m1/s1. The second kappa shape index (κ2) is 8.75. The molecule has 0 unspecified atom stereocenters. The molecule has 0 aromatic heterocycles. The number of carbonyl (C=O) groups is 2. The van der Waals surface area contributed by atoms with Crippen molar-refractivity contribution in [2.45, 2.75) is 83.8 Å². The van der Waals surface area contributed by atoms with E-state index < -0.39 is 11.6 Å². The summed E-state index contributed by atoms with van der Waals surface area (Å²) in [4.78, 5) is 31.5. The molecule has 35 heavy (non-hydrogen) atoms. The van der Waals surface area contributed by atoms with E-state index in [0.717, 1.165) is 50.7 Å². The van der Waals surface area contributed by atoms with E-state index in [4.69, 9.17) is 9.57 Å². The number of esters is 1. The highest BCUT2D eigenvalue weighted by molar-refractivity contribution is 6.05. The fraction of sp³-hybridized carbons (Fsp3) is 0.750. The molecule has 0 aromatic rings. The highest BCUT2D eigenvalue weighted by Gasteiger charge is 2.62. The Kier molecular flexibility index (Phi) is 6.14. The van der Waals surface area contributed by atoms with Gasteiger partial charge < -0.3 is 19.6 Å². The van der Waals surface area contributed by atoms with Gasteiger partial charge in [0.05, 0.1) is 12.7 Å². The summed E-state index contributed by atoms with van der Waals surface area (Å²) < 4.78 is 4.82. The Labute approximate surface area is 208 Å². The quantitative estimate of drug-likeness (QED) is 0.481. The van der Waals surface area contributed by atoms with Crippen LogP contribution in [0.2, 0.25) is 0 Å². The molecule has 5 aliphatic rings. The maximum absolute atomic E-state index is 12.6. The third-order valence-corrected chi connectivity index (χ3v) is 10.5. The molecule has 1 heterocycles. The summed E-state index contributed by atoms with van der Waals surface area (Å²) in [6.07, 6.45) is 14.3. The molecule has 5 rings (SSSR count). The Hall–Kier alpha value is -2.15. The lowest BCUT2D eigenvalue weighted by Gasteiger charge is -2.58. The van der Waals surface area contributed by atoms with Gasteiger partial charge in [0, 0.05) is 12.0 Å². The minimum Gasteiger partial charge on any atom is -0.467 e. The second-order valence-electron chi connectivity index (χ2n) is 12.0. The Balaban J connectivity index is 1.24. The van der Waals surface area contributed by atoms with Crippen LogP contribution in [-0.2, 0) is 19.2 Å². The summed E-state index contributed by atoms with van der Waals surface area (Å²) in [5.41, 5.74) is 1.62. The number of aliphatic hydroxyl groups is 1. The Morgan fingerprint density at radius 3 is 2.69 bits per heavy atom. The summed E-state index contributed by atoms with van der Waals surface area (Å²) in [5, 5.41) is 15.4. The zero-order chi connectivity index (χ0) is 25.0. The molecule has 7 nitrogen and oxygen atoms in total. The minimum atomic E-state index is -0.553. The van der Waals surface area contributed by atoms with Crippen LogP contribution in [0.5, 0.6) is 0 Å². The molecular formula is C28H40N2O5. The highest BCUT2D eigenvalue weighted by atomic mass is 16.6. The van der Waals surface area contributed by atoms with Crippen LogP contribution in [0.4, 0.5) is 0 Å². The van der Waals surface area contributed by atoms with Crippen molar-refractivity contribution in [3.8, 4) is 0 Å². The van der Waals surface area contributed by atoms with E-state index in [-0.39, 0.29) is 29.3 Å². The predicted octanol–water partition coefficient (Wildman–Crippen LogP) is 4.01. The average molecular weight is 485 g/mol. The van der Waals surface area contributed by atoms with Crippen LogP contribution in [0.15, 0.2) is 29.0 Å². The van der Waals surface area contributed by atoms with Crippen molar-refractivity contribution < 1.29 is 24.3 Å². The molecule has 192 valence electrons. The van der Waals surface area contributed by atoms with Crippen molar-refractivity contribution in [2.75, 3.05) is 20.3 Å². The third kappa shape index (κ3) is 3.85. The molecule has 7 heteroatoms. The van der Waals surface area contributed by atoms with Crippen molar-refractivity contribution in [3.05, 3.63) is 23.8 Å². The molecule has 3 saturated carbocycles. The Morgan fingerprint density at radius 2 is 1.91 bits per heavy atom. The van der Waals surface area contributed by atoms with E-state index in [1.165, 1.54) is 17.6 Å². The predicted molar refractivity (Wildman–Crippen MR) is 132 cm³/mol. The number of hydrogen-bond donors (Lipinski definition) is 1. The van der Waals surface area contributed by atoms with Crippen molar-refractivity contribution >= 4 is 17.6 Å². The molecule has 0 radical (unpaired) electrons. The molecule has 4 fully saturated rings. The van der Waals surface area contributed by atoms with Crippen LogP contribution < -0.4 is 0 Å². The van der Waals surface area contributed by atoms with Crippen molar-refractivity contribution in [2.24, 2.45) is 33.7 Å². The van der Waals surface area contributed by atoms with Gasteiger partial charge in [-0.1, -0.05) is 30.7 Å². The van der Waals surface area contributed by atoms with Crippen molar-refractivity contribution in [1.82, 2.24) is 4.90 Å². The molecule has 0 spiro atoms. The van der Waals surface area contributed by atoms with E-state index in [0.29, 0.717) is 30.7 Å². The summed E-state index contributed by atoms with van der Waals surface area (Å²) >= 11 is 0. The van der Waals surface area contributed by atoms with Crippen molar-refractivity contribution in [1.29, 1.82) is 0 Å². The smallest absolute Gasteiger partial charge is 0.328 e. The molecule has 0 aromatic carbocycles.